The zero-order chi connectivity index (χ0) is 21.2. The van der Waals surface area contributed by atoms with E-state index in [9.17, 15) is 9.90 Å². The minimum atomic E-state index is -1.23. The van der Waals surface area contributed by atoms with E-state index in [2.05, 4.69) is 6.92 Å². The number of ether oxygens (including phenoxy) is 3. The number of aliphatic hydroxyl groups is 1. The molecule has 0 heterocycles. The number of carbonyl (C=O) groups excluding carboxylic acids is 1. The Labute approximate surface area is 230 Å². The van der Waals surface area contributed by atoms with Crippen molar-refractivity contribution in [2.75, 3.05) is 39.6 Å². The van der Waals surface area contributed by atoms with Gasteiger partial charge in [0.2, 0.25) is 0 Å². The van der Waals surface area contributed by atoms with Crippen LogP contribution in [0.4, 0.5) is 0 Å². The quantitative estimate of drug-likeness (QED) is 0.275. The normalized spacial score (nSPS) is 10.6. The first-order chi connectivity index (χ1) is 14.2. The van der Waals surface area contributed by atoms with Crippen LogP contribution >= 0.6 is 0 Å². The third-order valence-electron chi connectivity index (χ3n) is 4.68. The van der Waals surface area contributed by atoms with Crippen LogP contribution in [0.25, 0.3) is 0 Å². The van der Waals surface area contributed by atoms with Crippen molar-refractivity contribution in [3.05, 3.63) is 29.3 Å². The number of carboxylic acid groups (broad SMARTS) is 1. The number of carboxylic acids is 1. The zero-order valence-electron chi connectivity index (χ0n) is 18.8. The maximum absolute atomic E-state index is 11.5. The summed E-state index contributed by atoms with van der Waals surface area (Å²) in [5, 5.41) is 20.0. The summed E-state index contributed by atoms with van der Waals surface area (Å²) in [6, 6.07) is 5.29. The van der Waals surface area contributed by atoms with E-state index >= 15 is 0 Å². The first kappa shape index (κ1) is 30.2. The van der Waals surface area contributed by atoms with Crippen LogP contribution in [0.2, 0.25) is 0 Å². The van der Waals surface area contributed by atoms with E-state index in [-0.39, 0.29) is 77.0 Å². The van der Waals surface area contributed by atoms with Crippen molar-refractivity contribution in [1.29, 1.82) is 0 Å². The van der Waals surface area contributed by atoms with Crippen LogP contribution in [0.1, 0.15) is 74.2 Å². The second-order valence-electron chi connectivity index (χ2n) is 7.14. The Morgan fingerprint density at radius 3 is 2.13 bits per heavy atom. The van der Waals surface area contributed by atoms with Crippen molar-refractivity contribution in [1.82, 2.24) is 0 Å². The molecule has 0 aliphatic rings. The first-order valence-corrected chi connectivity index (χ1v) is 10.9. The molecule has 0 spiro atoms. The van der Waals surface area contributed by atoms with Gasteiger partial charge in [-0.1, -0.05) is 57.9 Å². The molecule has 1 N–H and O–H groups in total. The Balaban J connectivity index is 0.00000841. The van der Waals surface area contributed by atoms with E-state index in [0.29, 0.717) is 32.2 Å². The van der Waals surface area contributed by atoms with Crippen molar-refractivity contribution < 1.29 is 87.4 Å². The summed E-state index contributed by atoms with van der Waals surface area (Å²) in [6.45, 7) is 3.88. The van der Waals surface area contributed by atoms with Gasteiger partial charge in [0.1, 0.15) is 12.4 Å². The Morgan fingerprint density at radius 2 is 1.50 bits per heavy atom. The van der Waals surface area contributed by atoms with Gasteiger partial charge in [0.15, 0.2) is 0 Å². The van der Waals surface area contributed by atoms with Gasteiger partial charge in [-0.15, -0.1) is 0 Å². The maximum Gasteiger partial charge on any atom is 1.00 e. The fourth-order valence-corrected chi connectivity index (χ4v) is 3.08. The molecule has 0 aliphatic heterocycles. The smallest absolute Gasteiger partial charge is 0.545 e. The van der Waals surface area contributed by atoms with Gasteiger partial charge in [-0.2, -0.15) is 0 Å². The summed E-state index contributed by atoms with van der Waals surface area (Å²) in [5.41, 5.74) is 1.09. The van der Waals surface area contributed by atoms with Crippen LogP contribution in [0, 0.1) is 0 Å². The summed E-state index contributed by atoms with van der Waals surface area (Å²) in [7, 11) is 0. The van der Waals surface area contributed by atoms with Gasteiger partial charge < -0.3 is 29.2 Å². The standard InChI is InChI=1S/C23H38O6.Rb/c1-2-3-4-5-6-7-8-9-10-20-11-12-22(21(19-20)23(25)26)29-18-17-28-16-15-27-14-13-24;/h11-12,19,24H,2-10,13-18H2,1H3,(H,25,26);/q;+1/p-1. The van der Waals surface area contributed by atoms with Gasteiger partial charge in [-0.25, -0.2) is 0 Å². The van der Waals surface area contributed by atoms with Crippen molar-refractivity contribution in [2.45, 2.75) is 64.7 Å². The summed E-state index contributed by atoms with van der Waals surface area (Å²) in [5.74, 6) is -0.916. The number of aliphatic hydroxyl groups excluding tert-OH is 1. The van der Waals surface area contributed by atoms with Gasteiger partial charge in [0.05, 0.1) is 39.0 Å². The van der Waals surface area contributed by atoms with Gasteiger partial charge in [0.25, 0.3) is 0 Å². The molecule has 0 atom stereocenters. The molecule has 6 nitrogen and oxygen atoms in total. The predicted molar refractivity (Wildman–Crippen MR) is 111 cm³/mol. The molecule has 1 rings (SSSR count). The molecule has 30 heavy (non-hydrogen) atoms. The Kier molecular flexibility index (Phi) is 21.2. The van der Waals surface area contributed by atoms with Crippen LogP contribution in [0.15, 0.2) is 18.2 Å². The first-order valence-electron chi connectivity index (χ1n) is 10.9. The number of aryl methyl sites for hydroxylation is 1. The second-order valence-corrected chi connectivity index (χ2v) is 7.14. The topological polar surface area (TPSA) is 88.1 Å². The largest absolute Gasteiger partial charge is 1.00 e. The number of hydrogen-bond donors (Lipinski definition) is 1. The number of carbonyl (C=O) groups is 1. The molecule has 0 saturated heterocycles. The Bertz CT molecular complexity index is 552. The van der Waals surface area contributed by atoms with E-state index < -0.39 is 5.97 Å². The zero-order valence-corrected chi connectivity index (χ0v) is 23.7. The maximum atomic E-state index is 11.5. The van der Waals surface area contributed by atoms with E-state index in [1.165, 1.54) is 44.9 Å². The van der Waals surface area contributed by atoms with Crippen molar-refractivity contribution in [3.8, 4) is 5.75 Å². The molecule has 7 heteroatoms. The van der Waals surface area contributed by atoms with E-state index in [1.807, 2.05) is 6.07 Å². The number of aromatic carboxylic acids is 1. The van der Waals surface area contributed by atoms with E-state index in [4.69, 9.17) is 19.3 Å². The van der Waals surface area contributed by atoms with E-state index in [0.717, 1.165) is 18.4 Å². The molecule has 1 aromatic rings. The van der Waals surface area contributed by atoms with Gasteiger partial charge in [-0.05, 0) is 30.5 Å². The van der Waals surface area contributed by atoms with Crippen LogP contribution in [0.3, 0.4) is 0 Å². The molecule has 0 unspecified atom stereocenters. The summed E-state index contributed by atoms with van der Waals surface area (Å²) >= 11 is 0. The van der Waals surface area contributed by atoms with Gasteiger partial charge in [0, 0.05) is 5.56 Å². The monoisotopic (exact) mass is 494 g/mol. The molecule has 0 bridgehead atoms. The minimum absolute atomic E-state index is 0. The third kappa shape index (κ3) is 15.1. The molecule has 0 radical (unpaired) electrons. The Hall–Kier alpha value is 0.175. The molecule has 0 aliphatic carbocycles. The number of benzene rings is 1. The van der Waals surface area contributed by atoms with E-state index in [1.54, 1.807) is 12.1 Å². The fourth-order valence-electron chi connectivity index (χ4n) is 3.08. The molecular weight excluding hydrogens is 458 g/mol. The van der Waals surface area contributed by atoms with Crippen LogP contribution in [-0.2, 0) is 15.9 Å². The van der Waals surface area contributed by atoms with Gasteiger partial charge >= 0.3 is 58.2 Å². The molecule has 0 aromatic heterocycles. The van der Waals surface area contributed by atoms with Crippen molar-refractivity contribution >= 4 is 5.97 Å². The van der Waals surface area contributed by atoms with Gasteiger partial charge in [-0.3, -0.25) is 0 Å². The van der Waals surface area contributed by atoms with Crippen molar-refractivity contribution in [3.63, 3.8) is 0 Å². The molecule has 0 fully saturated rings. The number of unbranched alkanes of at least 4 members (excludes halogenated alkanes) is 7. The third-order valence-corrected chi connectivity index (χ3v) is 4.68. The summed E-state index contributed by atoms with van der Waals surface area (Å²) in [4.78, 5) is 11.5. The summed E-state index contributed by atoms with van der Waals surface area (Å²) in [6.07, 6.45) is 10.9. The molecule has 1 aromatic carbocycles. The predicted octanol–water partition coefficient (Wildman–Crippen LogP) is 0.142. The number of rotatable bonds is 19. The Morgan fingerprint density at radius 1 is 0.900 bits per heavy atom. The van der Waals surface area contributed by atoms with Crippen LogP contribution < -0.4 is 68.0 Å². The summed E-state index contributed by atoms with van der Waals surface area (Å²) < 4.78 is 16.0. The second kappa shape index (κ2) is 21.0. The molecule has 0 saturated carbocycles. The average molecular weight is 495 g/mol. The SMILES string of the molecule is CCCCCCCCCCc1ccc(OCCOCCOCCO)c(C(=O)[O-])c1.[Rb+]. The fraction of sp³-hybridized carbons (Fsp3) is 0.696. The molecule has 166 valence electrons. The molecule has 0 amide bonds. The minimum Gasteiger partial charge on any atom is -0.545 e. The van der Waals surface area contributed by atoms with Crippen LogP contribution in [0.5, 0.6) is 5.75 Å². The average Bonchev–Trinajstić information content (AvgIpc) is 2.72. The number of hydrogen-bond acceptors (Lipinski definition) is 6. The molecular formula is C23H37O6Rb. The van der Waals surface area contributed by atoms with Crippen molar-refractivity contribution in [2.24, 2.45) is 0 Å². The van der Waals surface area contributed by atoms with Crippen LogP contribution in [-0.4, -0.2) is 50.7 Å².